The molecule has 2 fully saturated rings. The number of carbonyl (C=O) groups is 3. The van der Waals surface area contributed by atoms with Crippen LogP contribution in [0.1, 0.15) is 23.2 Å². The normalized spacial score (nSPS) is 18.5. The van der Waals surface area contributed by atoms with Gasteiger partial charge in [0.2, 0.25) is 0 Å². The molecule has 2 aromatic heterocycles. The second-order valence-corrected chi connectivity index (χ2v) is 8.05. The minimum Gasteiger partial charge on any atom is -0.338 e. The lowest BCUT2D eigenvalue weighted by molar-refractivity contribution is -0.134. The second-order valence-electron chi connectivity index (χ2n) is 8.05. The largest absolute Gasteiger partial charge is 0.338 e. The number of para-hydroxylation sites is 1. The van der Waals surface area contributed by atoms with Crippen molar-refractivity contribution in [3.05, 3.63) is 54.5 Å². The van der Waals surface area contributed by atoms with E-state index in [-0.39, 0.29) is 17.8 Å². The summed E-state index contributed by atoms with van der Waals surface area (Å²) < 4.78 is 1.88. The first-order valence-electron chi connectivity index (χ1n) is 10.2. The molecular formula is C22H22N6O3. The van der Waals surface area contributed by atoms with Crippen LogP contribution in [0.25, 0.3) is 16.9 Å². The van der Waals surface area contributed by atoms with Crippen molar-refractivity contribution in [2.75, 3.05) is 27.2 Å². The fourth-order valence-electron chi connectivity index (χ4n) is 4.56. The fourth-order valence-corrected chi connectivity index (χ4v) is 4.56. The highest BCUT2D eigenvalue weighted by Crippen LogP contribution is 2.35. The Kier molecular flexibility index (Phi) is 4.28. The summed E-state index contributed by atoms with van der Waals surface area (Å²) in [6.07, 6.45) is 4.10. The summed E-state index contributed by atoms with van der Waals surface area (Å²) in [5.41, 5.74) is 1.88. The van der Waals surface area contributed by atoms with Crippen LogP contribution in [0.3, 0.4) is 0 Å². The van der Waals surface area contributed by atoms with Gasteiger partial charge >= 0.3 is 6.03 Å². The van der Waals surface area contributed by atoms with E-state index < -0.39 is 5.54 Å². The van der Waals surface area contributed by atoms with Gasteiger partial charge in [-0.05, 0) is 31.0 Å². The van der Waals surface area contributed by atoms with Gasteiger partial charge in [-0.25, -0.2) is 14.8 Å². The minimum atomic E-state index is -0.848. The van der Waals surface area contributed by atoms with Crippen molar-refractivity contribution in [1.29, 1.82) is 0 Å². The fraction of sp³-hybridized carbons (Fsp3) is 0.318. The molecule has 4 amide bonds. The SMILES string of the molecule is CN1C(=O)N(C)C2(CCN(C(=O)c3cnc4c(c3)ncn4-c3ccccc3)CC2)C1=O. The number of amides is 4. The van der Waals surface area contributed by atoms with Crippen molar-refractivity contribution in [2.24, 2.45) is 0 Å². The molecule has 0 unspecified atom stereocenters. The number of aromatic nitrogens is 3. The van der Waals surface area contributed by atoms with Crippen molar-refractivity contribution in [2.45, 2.75) is 18.4 Å². The van der Waals surface area contributed by atoms with Gasteiger partial charge in [0, 0.05) is 39.1 Å². The molecule has 0 saturated carbocycles. The topological polar surface area (TPSA) is 91.6 Å². The summed E-state index contributed by atoms with van der Waals surface area (Å²) in [5, 5.41) is 0. The van der Waals surface area contributed by atoms with Crippen molar-refractivity contribution >= 4 is 29.0 Å². The van der Waals surface area contributed by atoms with E-state index in [2.05, 4.69) is 9.97 Å². The highest BCUT2D eigenvalue weighted by Gasteiger charge is 2.55. The molecule has 0 N–H and O–H groups in total. The van der Waals surface area contributed by atoms with Gasteiger partial charge in [0.15, 0.2) is 5.65 Å². The van der Waals surface area contributed by atoms with Gasteiger partial charge in [-0.3, -0.25) is 19.1 Å². The van der Waals surface area contributed by atoms with Crippen LogP contribution in [0, 0.1) is 0 Å². The third-order valence-corrected chi connectivity index (χ3v) is 6.47. The molecule has 0 atom stereocenters. The molecule has 0 bridgehead atoms. The van der Waals surface area contributed by atoms with Crippen molar-refractivity contribution in [3.63, 3.8) is 0 Å². The first-order valence-corrected chi connectivity index (χ1v) is 10.2. The number of fused-ring (bicyclic) bond motifs is 1. The lowest BCUT2D eigenvalue weighted by atomic mass is 9.86. The van der Waals surface area contributed by atoms with E-state index in [0.717, 1.165) is 5.69 Å². The number of imidazole rings is 1. The number of likely N-dealkylation sites (N-methyl/N-ethyl adjacent to an activating group) is 2. The zero-order valence-electron chi connectivity index (χ0n) is 17.4. The molecule has 31 heavy (non-hydrogen) atoms. The maximum absolute atomic E-state index is 13.1. The summed E-state index contributed by atoms with van der Waals surface area (Å²) in [5.74, 6) is -0.340. The molecule has 9 nitrogen and oxygen atoms in total. The average Bonchev–Trinajstić information content (AvgIpc) is 3.30. The lowest BCUT2D eigenvalue weighted by Crippen LogP contribution is -2.56. The summed E-state index contributed by atoms with van der Waals surface area (Å²) in [7, 11) is 3.16. The van der Waals surface area contributed by atoms with Crippen LogP contribution >= 0.6 is 0 Å². The minimum absolute atomic E-state index is 0.147. The molecule has 3 aromatic rings. The first kappa shape index (κ1) is 19.2. The predicted octanol–water partition coefficient (Wildman–Crippen LogP) is 1.92. The summed E-state index contributed by atoms with van der Waals surface area (Å²) in [6.45, 7) is 0.791. The summed E-state index contributed by atoms with van der Waals surface area (Å²) in [6, 6.07) is 11.2. The van der Waals surface area contributed by atoms with Crippen LogP contribution in [0.5, 0.6) is 0 Å². The molecule has 1 aromatic carbocycles. The van der Waals surface area contributed by atoms with Crippen LogP contribution in [0.2, 0.25) is 0 Å². The number of hydrogen-bond acceptors (Lipinski definition) is 5. The Hall–Kier alpha value is -3.75. The predicted molar refractivity (Wildman–Crippen MR) is 113 cm³/mol. The summed E-state index contributed by atoms with van der Waals surface area (Å²) >= 11 is 0. The van der Waals surface area contributed by atoms with Gasteiger partial charge < -0.3 is 9.80 Å². The molecule has 0 radical (unpaired) electrons. The molecular weight excluding hydrogens is 396 g/mol. The molecule has 0 aliphatic carbocycles. The van der Waals surface area contributed by atoms with Crippen LogP contribution in [0.15, 0.2) is 48.9 Å². The third kappa shape index (κ3) is 2.80. The van der Waals surface area contributed by atoms with E-state index in [9.17, 15) is 14.4 Å². The van der Waals surface area contributed by atoms with Gasteiger partial charge in [-0.15, -0.1) is 0 Å². The van der Waals surface area contributed by atoms with E-state index in [1.807, 2.05) is 34.9 Å². The molecule has 9 heteroatoms. The number of carbonyl (C=O) groups excluding carboxylic acids is 3. The number of piperidine rings is 1. The van der Waals surface area contributed by atoms with Gasteiger partial charge in [0.25, 0.3) is 11.8 Å². The highest BCUT2D eigenvalue weighted by molar-refractivity contribution is 6.07. The number of urea groups is 1. The zero-order valence-corrected chi connectivity index (χ0v) is 17.4. The Morgan fingerprint density at radius 3 is 2.39 bits per heavy atom. The zero-order chi connectivity index (χ0) is 21.8. The van der Waals surface area contributed by atoms with Crippen molar-refractivity contribution in [1.82, 2.24) is 29.2 Å². The maximum Gasteiger partial charge on any atom is 0.327 e. The lowest BCUT2D eigenvalue weighted by Gasteiger charge is -2.40. The van der Waals surface area contributed by atoms with Gasteiger partial charge in [0.1, 0.15) is 17.4 Å². The highest BCUT2D eigenvalue weighted by atomic mass is 16.2. The van der Waals surface area contributed by atoms with Crippen LogP contribution in [-0.2, 0) is 4.79 Å². The van der Waals surface area contributed by atoms with E-state index in [1.165, 1.54) is 16.8 Å². The third-order valence-electron chi connectivity index (χ3n) is 6.47. The van der Waals surface area contributed by atoms with Gasteiger partial charge in [-0.1, -0.05) is 18.2 Å². The number of likely N-dealkylation sites (tertiary alicyclic amines) is 1. The smallest absolute Gasteiger partial charge is 0.327 e. The maximum atomic E-state index is 13.1. The standard InChI is InChI=1S/C22H22N6O3/c1-25-20(30)22(26(2)21(25)31)8-10-27(11-9-22)19(29)15-12-17-18(23-13-15)28(14-24-17)16-6-4-3-5-7-16/h3-7,12-14H,8-11H2,1-2H3. The number of benzene rings is 1. The monoisotopic (exact) mass is 418 g/mol. The average molecular weight is 418 g/mol. The number of imide groups is 1. The molecule has 2 aliphatic rings. The van der Waals surface area contributed by atoms with Crippen LogP contribution < -0.4 is 0 Å². The Balaban J connectivity index is 1.36. The molecule has 1 spiro atoms. The molecule has 2 saturated heterocycles. The number of pyridine rings is 1. The Morgan fingerprint density at radius 2 is 1.74 bits per heavy atom. The van der Waals surface area contributed by atoms with E-state index in [4.69, 9.17) is 0 Å². The first-order chi connectivity index (χ1) is 14.9. The molecule has 4 heterocycles. The molecule has 158 valence electrons. The van der Waals surface area contributed by atoms with Crippen molar-refractivity contribution < 1.29 is 14.4 Å². The Labute approximate surface area is 178 Å². The van der Waals surface area contributed by atoms with Gasteiger partial charge in [-0.2, -0.15) is 0 Å². The Morgan fingerprint density at radius 1 is 1.03 bits per heavy atom. The van der Waals surface area contributed by atoms with Gasteiger partial charge in [0.05, 0.1) is 5.56 Å². The van der Waals surface area contributed by atoms with Crippen molar-refractivity contribution in [3.8, 4) is 5.69 Å². The summed E-state index contributed by atoms with van der Waals surface area (Å²) in [4.78, 5) is 51.2. The number of hydrogen-bond donors (Lipinski definition) is 0. The van der Waals surface area contributed by atoms with E-state index in [1.54, 1.807) is 30.5 Å². The van der Waals surface area contributed by atoms with Crippen LogP contribution in [0.4, 0.5) is 4.79 Å². The Bertz CT molecular complexity index is 1200. The van der Waals surface area contributed by atoms with Crippen LogP contribution in [-0.4, -0.2) is 79.8 Å². The number of nitrogens with zero attached hydrogens (tertiary/aromatic N) is 6. The number of rotatable bonds is 2. The van der Waals surface area contributed by atoms with E-state index >= 15 is 0 Å². The van der Waals surface area contributed by atoms with E-state index in [0.29, 0.717) is 42.7 Å². The molecule has 5 rings (SSSR count). The molecule has 2 aliphatic heterocycles. The quantitative estimate of drug-likeness (QED) is 0.593. The second kappa shape index (κ2) is 6.90.